The smallest absolute Gasteiger partial charge is 0.280 e. The second kappa shape index (κ2) is 10.2. The van der Waals surface area contributed by atoms with Gasteiger partial charge in [0.1, 0.15) is 11.5 Å². The number of carbonyl (C=O) groups excluding carboxylic acids is 1. The molecule has 0 heterocycles. The minimum atomic E-state index is -0.719. The number of nitrogens with one attached hydrogen (secondary N) is 1. The summed E-state index contributed by atoms with van der Waals surface area (Å²) in [6.07, 6.45) is 1.73. The molecule has 2 rings (SSSR count). The van der Waals surface area contributed by atoms with Crippen molar-refractivity contribution in [2.45, 2.75) is 26.4 Å². The molecule has 7 heteroatoms. The maximum atomic E-state index is 12.1. The van der Waals surface area contributed by atoms with Crippen molar-refractivity contribution in [2.24, 2.45) is 5.10 Å². The van der Waals surface area contributed by atoms with Gasteiger partial charge in [-0.2, -0.15) is 5.10 Å². The molecule has 138 valence electrons. The van der Waals surface area contributed by atoms with Crippen LogP contribution in [0.4, 0.5) is 0 Å². The molecule has 0 bridgehead atoms. The van der Waals surface area contributed by atoms with E-state index in [-0.39, 0.29) is 5.91 Å². The first-order valence-corrected chi connectivity index (χ1v) is 9.34. The highest BCUT2D eigenvalue weighted by molar-refractivity contribution is 9.10. The molecule has 1 amide bonds. The fraction of sp³-hybridized carbons (Fsp3) is 0.263. The highest BCUT2D eigenvalue weighted by atomic mass is 79.9. The highest BCUT2D eigenvalue weighted by Gasteiger charge is 2.14. The van der Waals surface area contributed by atoms with Crippen LogP contribution in [0.5, 0.6) is 11.5 Å². The molecule has 0 saturated carbocycles. The minimum Gasteiger partial charge on any atom is -0.493 e. The normalized spacial score (nSPS) is 12.0. The SMILES string of the molecule is CCCOc1ccc(Br)cc1/C=N\NC(=O)[C@@H](C)Oc1cccc(Cl)c1. The van der Waals surface area contributed by atoms with Gasteiger partial charge in [-0.25, -0.2) is 5.43 Å². The first-order valence-electron chi connectivity index (χ1n) is 8.17. The van der Waals surface area contributed by atoms with Gasteiger partial charge < -0.3 is 9.47 Å². The number of benzene rings is 2. The van der Waals surface area contributed by atoms with Crippen molar-refractivity contribution in [3.05, 3.63) is 57.5 Å². The Labute approximate surface area is 166 Å². The standard InChI is InChI=1S/C19H20BrClN2O3/c1-3-9-25-18-8-7-15(20)10-14(18)12-22-23-19(24)13(2)26-17-6-4-5-16(21)11-17/h4-8,10-13H,3,9H2,1-2H3,(H,23,24)/b22-12-/t13-/m1/s1. The van der Waals surface area contributed by atoms with Crippen molar-refractivity contribution in [1.82, 2.24) is 5.43 Å². The van der Waals surface area contributed by atoms with Crippen molar-refractivity contribution in [3.8, 4) is 11.5 Å². The van der Waals surface area contributed by atoms with E-state index >= 15 is 0 Å². The van der Waals surface area contributed by atoms with Crippen LogP contribution in [0.15, 0.2) is 52.0 Å². The second-order valence-electron chi connectivity index (χ2n) is 5.48. The summed E-state index contributed by atoms with van der Waals surface area (Å²) in [6.45, 7) is 4.29. The topological polar surface area (TPSA) is 59.9 Å². The van der Waals surface area contributed by atoms with Gasteiger partial charge in [0.05, 0.1) is 12.8 Å². The molecule has 0 aromatic heterocycles. The van der Waals surface area contributed by atoms with Crippen LogP contribution < -0.4 is 14.9 Å². The van der Waals surface area contributed by atoms with Crippen LogP contribution in [-0.4, -0.2) is 24.8 Å². The van der Waals surface area contributed by atoms with Crippen molar-refractivity contribution in [3.63, 3.8) is 0 Å². The molecule has 0 aliphatic rings. The van der Waals surface area contributed by atoms with Crippen LogP contribution in [0.1, 0.15) is 25.8 Å². The number of hydrogen-bond acceptors (Lipinski definition) is 4. The summed E-state index contributed by atoms with van der Waals surface area (Å²) in [5.41, 5.74) is 3.23. The molecule has 1 N–H and O–H groups in total. The number of ether oxygens (including phenoxy) is 2. The number of hydrogen-bond donors (Lipinski definition) is 1. The van der Waals surface area contributed by atoms with Gasteiger partial charge in [0.2, 0.25) is 0 Å². The van der Waals surface area contributed by atoms with Crippen LogP contribution in [0.2, 0.25) is 5.02 Å². The lowest BCUT2D eigenvalue weighted by atomic mass is 10.2. The predicted molar refractivity (Wildman–Crippen MR) is 107 cm³/mol. The number of nitrogens with zero attached hydrogens (tertiary/aromatic N) is 1. The third kappa shape index (κ3) is 6.35. The molecule has 0 saturated heterocycles. The van der Waals surface area contributed by atoms with Gasteiger partial charge in [0.15, 0.2) is 6.10 Å². The summed E-state index contributed by atoms with van der Waals surface area (Å²) in [6, 6.07) is 12.5. The zero-order valence-electron chi connectivity index (χ0n) is 14.5. The summed E-state index contributed by atoms with van der Waals surface area (Å²) in [4.78, 5) is 12.1. The molecule has 0 spiro atoms. The van der Waals surface area contributed by atoms with E-state index in [1.807, 2.05) is 25.1 Å². The van der Waals surface area contributed by atoms with Gasteiger partial charge in [0.25, 0.3) is 5.91 Å². The maximum absolute atomic E-state index is 12.1. The molecule has 2 aromatic carbocycles. The van der Waals surface area contributed by atoms with Crippen LogP contribution in [0.25, 0.3) is 0 Å². The number of halogens is 2. The fourth-order valence-electron chi connectivity index (χ4n) is 2.02. The predicted octanol–water partition coefficient (Wildman–Crippen LogP) is 4.81. The van der Waals surface area contributed by atoms with Crippen LogP contribution >= 0.6 is 27.5 Å². The maximum Gasteiger partial charge on any atom is 0.280 e. The number of amides is 1. The zero-order chi connectivity index (χ0) is 18.9. The first kappa shape index (κ1) is 20.3. The lowest BCUT2D eigenvalue weighted by Crippen LogP contribution is -2.33. The Kier molecular flexibility index (Phi) is 7.94. The van der Waals surface area contributed by atoms with Crippen LogP contribution in [-0.2, 0) is 4.79 Å². The molecule has 5 nitrogen and oxygen atoms in total. The van der Waals surface area contributed by atoms with Gasteiger partial charge in [-0.1, -0.05) is 40.5 Å². The highest BCUT2D eigenvalue weighted by Crippen LogP contribution is 2.22. The average Bonchev–Trinajstić information content (AvgIpc) is 2.61. The van der Waals surface area contributed by atoms with Crippen LogP contribution in [0.3, 0.4) is 0 Å². The third-order valence-electron chi connectivity index (χ3n) is 3.29. The molecular formula is C19H20BrClN2O3. The summed E-state index contributed by atoms with van der Waals surface area (Å²) in [7, 11) is 0. The summed E-state index contributed by atoms with van der Waals surface area (Å²) < 4.78 is 12.1. The summed E-state index contributed by atoms with van der Waals surface area (Å²) in [5.74, 6) is 0.856. The molecule has 0 radical (unpaired) electrons. The molecule has 0 unspecified atom stereocenters. The molecular weight excluding hydrogens is 420 g/mol. The van der Waals surface area contributed by atoms with E-state index in [1.165, 1.54) is 0 Å². The van der Waals surface area contributed by atoms with E-state index in [0.717, 1.165) is 16.5 Å². The van der Waals surface area contributed by atoms with E-state index in [4.69, 9.17) is 21.1 Å². The summed E-state index contributed by atoms with van der Waals surface area (Å²) >= 11 is 9.32. The minimum absolute atomic E-state index is 0.368. The molecule has 0 aliphatic carbocycles. The lowest BCUT2D eigenvalue weighted by molar-refractivity contribution is -0.127. The fourth-order valence-corrected chi connectivity index (χ4v) is 2.58. The second-order valence-corrected chi connectivity index (χ2v) is 6.83. The number of rotatable bonds is 8. The average molecular weight is 440 g/mol. The van der Waals surface area contributed by atoms with E-state index in [9.17, 15) is 4.79 Å². The Bertz CT molecular complexity index is 783. The monoisotopic (exact) mass is 438 g/mol. The molecule has 2 aromatic rings. The third-order valence-corrected chi connectivity index (χ3v) is 4.02. The Hall–Kier alpha value is -2.05. The van der Waals surface area contributed by atoms with Gasteiger partial charge >= 0.3 is 0 Å². The van der Waals surface area contributed by atoms with Gasteiger partial charge in [-0.05, 0) is 49.7 Å². The Morgan fingerprint density at radius 2 is 2.15 bits per heavy atom. The number of hydrazone groups is 1. The van der Waals surface area contributed by atoms with Crippen molar-refractivity contribution < 1.29 is 14.3 Å². The van der Waals surface area contributed by atoms with Gasteiger partial charge in [-0.3, -0.25) is 4.79 Å². The van der Waals surface area contributed by atoms with Gasteiger partial charge in [0, 0.05) is 15.1 Å². The van der Waals surface area contributed by atoms with Gasteiger partial charge in [-0.15, -0.1) is 0 Å². The molecule has 0 fully saturated rings. The van der Waals surface area contributed by atoms with E-state index < -0.39 is 6.10 Å². The quantitative estimate of drug-likeness (QED) is 0.474. The first-order chi connectivity index (χ1) is 12.5. The zero-order valence-corrected chi connectivity index (χ0v) is 16.9. The van der Waals surface area contributed by atoms with Crippen molar-refractivity contribution in [2.75, 3.05) is 6.61 Å². The van der Waals surface area contributed by atoms with E-state index in [0.29, 0.717) is 23.1 Å². The van der Waals surface area contributed by atoms with Crippen molar-refractivity contribution >= 4 is 39.7 Å². The van der Waals surface area contributed by atoms with E-state index in [2.05, 4.69) is 26.5 Å². The Morgan fingerprint density at radius 3 is 2.88 bits per heavy atom. The van der Waals surface area contributed by atoms with Crippen molar-refractivity contribution in [1.29, 1.82) is 0 Å². The number of carbonyl (C=O) groups is 1. The van der Waals surface area contributed by atoms with Crippen LogP contribution in [0, 0.1) is 0 Å². The molecule has 26 heavy (non-hydrogen) atoms. The molecule has 1 atom stereocenters. The Balaban J connectivity index is 1.96. The summed E-state index contributed by atoms with van der Waals surface area (Å²) in [5, 5.41) is 4.54. The Morgan fingerprint density at radius 1 is 1.35 bits per heavy atom. The largest absolute Gasteiger partial charge is 0.493 e. The van der Waals surface area contributed by atoms with E-state index in [1.54, 1.807) is 37.4 Å². The lowest BCUT2D eigenvalue weighted by Gasteiger charge is -2.13. The molecule has 0 aliphatic heterocycles.